The van der Waals surface area contributed by atoms with Gasteiger partial charge in [-0.3, -0.25) is 19.6 Å². The highest BCUT2D eigenvalue weighted by Crippen LogP contribution is 2.40. The number of fused-ring (bicyclic) bond motifs is 1. The summed E-state index contributed by atoms with van der Waals surface area (Å²) in [5.41, 5.74) is -1.05. The number of rotatable bonds is 3. The molecule has 3 fully saturated rings. The van der Waals surface area contributed by atoms with Crippen LogP contribution in [0.1, 0.15) is 55.9 Å². The number of hydrogen-bond acceptors (Lipinski definition) is 4. The van der Waals surface area contributed by atoms with Crippen LogP contribution in [-0.4, -0.2) is 69.1 Å². The highest BCUT2D eigenvalue weighted by molar-refractivity contribution is 5.93. The number of H-pyrrole nitrogens is 1. The van der Waals surface area contributed by atoms with E-state index in [9.17, 15) is 14.0 Å². The zero-order valence-corrected chi connectivity index (χ0v) is 15.2. The van der Waals surface area contributed by atoms with Crippen LogP contribution in [0.5, 0.6) is 0 Å². The SMILES string of the molecule is CC1(NC(=O)c2[nH]ncc2F)CCN(C(=O)C23CCCCN2CCC3)C1. The summed E-state index contributed by atoms with van der Waals surface area (Å²) in [6.07, 6.45) is 6.86. The molecule has 0 saturated carbocycles. The Kier molecular flexibility index (Phi) is 4.25. The van der Waals surface area contributed by atoms with Crippen LogP contribution in [-0.2, 0) is 4.79 Å². The van der Waals surface area contributed by atoms with Gasteiger partial charge in [0.25, 0.3) is 5.91 Å². The Morgan fingerprint density at radius 3 is 2.73 bits per heavy atom. The lowest BCUT2D eigenvalue weighted by Crippen LogP contribution is -2.59. The lowest BCUT2D eigenvalue weighted by atomic mass is 9.85. The van der Waals surface area contributed by atoms with Gasteiger partial charge >= 0.3 is 0 Å². The summed E-state index contributed by atoms with van der Waals surface area (Å²) in [5.74, 6) is -0.977. The summed E-state index contributed by atoms with van der Waals surface area (Å²) in [6, 6.07) is 0. The zero-order valence-electron chi connectivity index (χ0n) is 15.2. The molecule has 3 saturated heterocycles. The molecule has 2 unspecified atom stereocenters. The molecule has 1 aromatic heterocycles. The standard InChI is InChI=1S/C18H26FN5O2/c1-17(21-15(25)14-13(19)11-20-22-14)7-10-23(12-17)16(26)18-5-2-3-8-24(18)9-4-6-18/h11H,2-10,12H2,1H3,(H,20,22)(H,21,25). The summed E-state index contributed by atoms with van der Waals surface area (Å²) in [5, 5.41) is 8.82. The van der Waals surface area contributed by atoms with E-state index >= 15 is 0 Å². The van der Waals surface area contributed by atoms with Crippen LogP contribution in [0.2, 0.25) is 0 Å². The molecule has 2 atom stereocenters. The number of piperidine rings is 1. The molecule has 4 heterocycles. The molecule has 0 aromatic carbocycles. The lowest BCUT2D eigenvalue weighted by molar-refractivity contribution is -0.144. The molecule has 26 heavy (non-hydrogen) atoms. The van der Waals surface area contributed by atoms with E-state index in [0.717, 1.165) is 45.0 Å². The monoisotopic (exact) mass is 363 g/mol. The fourth-order valence-electron chi connectivity index (χ4n) is 4.91. The van der Waals surface area contributed by atoms with Crippen molar-refractivity contribution in [2.24, 2.45) is 0 Å². The molecule has 142 valence electrons. The van der Waals surface area contributed by atoms with Crippen LogP contribution in [0.25, 0.3) is 0 Å². The van der Waals surface area contributed by atoms with Gasteiger partial charge in [0.1, 0.15) is 5.54 Å². The number of carbonyl (C=O) groups excluding carboxylic acids is 2. The number of hydrogen-bond donors (Lipinski definition) is 2. The molecule has 0 radical (unpaired) electrons. The van der Waals surface area contributed by atoms with Crippen molar-refractivity contribution >= 4 is 11.8 Å². The van der Waals surface area contributed by atoms with Crippen molar-refractivity contribution in [2.45, 2.75) is 56.5 Å². The zero-order chi connectivity index (χ0) is 18.4. The summed E-state index contributed by atoms with van der Waals surface area (Å²) < 4.78 is 13.6. The Bertz CT molecular complexity index is 722. The highest BCUT2D eigenvalue weighted by atomic mass is 19.1. The van der Waals surface area contributed by atoms with E-state index in [0.29, 0.717) is 19.5 Å². The molecule has 0 aliphatic carbocycles. The first-order valence-electron chi connectivity index (χ1n) is 9.49. The van der Waals surface area contributed by atoms with Crippen molar-refractivity contribution in [3.8, 4) is 0 Å². The van der Waals surface area contributed by atoms with Crippen molar-refractivity contribution in [3.05, 3.63) is 17.7 Å². The summed E-state index contributed by atoms with van der Waals surface area (Å²) in [7, 11) is 0. The van der Waals surface area contributed by atoms with Crippen LogP contribution in [0, 0.1) is 5.82 Å². The number of aromatic amines is 1. The molecule has 2 amide bonds. The molecular weight excluding hydrogens is 337 g/mol. The first-order chi connectivity index (χ1) is 12.4. The van der Waals surface area contributed by atoms with Crippen molar-refractivity contribution in [3.63, 3.8) is 0 Å². The van der Waals surface area contributed by atoms with Crippen LogP contribution in [0.15, 0.2) is 6.20 Å². The van der Waals surface area contributed by atoms with E-state index in [-0.39, 0.29) is 17.1 Å². The Balaban J connectivity index is 1.45. The van der Waals surface area contributed by atoms with Gasteiger partial charge < -0.3 is 10.2 Å². The minimum Gasteiger partial charge on any atom is -0.344 e. The van der Waals surface area contributed by atoms with E-state index in [1.165, 1.54) is 6.42 Å². The van der Waals surface area contributed by atoms with Gasteiger partial charge in [-0.15, -0.1) is 0 Å². The van der Waals surface area contributed by atoms with Gasteiger partial charge in [-0.25, -0.2) is 4.39 Å². The second kappa shape index (κ2) is 6.33. The average Bonchev–Trinajstić information content (AvgIpc) is 3.32. The van der Waals surface area contributed by atoms with Gasteiger partial charge in [0.2, 0.25) is 5.91 Å². The maximum atomic E-state index is 13.6. The third-order valence-corrected chi connectivity index (χ3v) is 6.29. The number of carbonyl (C=O) groups is 2. The first-order valence-corrected chi connectivity index (χ1v) is 9.49. The van der Waals surface area contributed by atoms with Gasteiger partial charge in [-0.05, 0) is 58.5 Å². The fourth-order valence-corrected chi connectivity index (χ4v) is 4.91. The smallest absolute Gasteiger partial charge is 0.272 e. The normalized spacial score (nSPS) is 31.8. The average molecular weight is 363 g/mol. The second-order valence-electron chi connectivity index (χ2n) is 8.16. The largest absolute Gasteiger partial charge is 0.344 e. The number of amides is 2. The van der Waals surface area contributed by atoms with Crippen LogP contribution >= 0.6 is 0 Å². The van der Waals surface area contributed by atoms with Crippen molar-refractivity contribution in [1.82, 2.24) is 25.3 Å². The summed E-state index contributed by atoms with van der Waals surface area (Å²) in [6.45, 7) is 5.01. The van der Waals surface area contributed by atoms with E-state index in [1.807, 2.05) is 11.8 Å². The third-order valence-electron chi connectivity index (χ3n) is 6.29. The van der Waals surface area contributed by atoms with Gasteiger partial charge in [0.05, 0.1) is 11.7 Å². The van der Waals surface area contributed by atoms with Gasteiger partial charge in [0.15, 0.2) is 11.5 Å². The second-order valence-corrected chi connectivity index (χ2v) is 8.16. The van der Waals surface area contributed by atoms with E-state index in [1.54, 1.807) is 0 Å². The van der Waals surface area contributed by atoms with Crippen molar-refractivity contribution in [1.29, 1.82) is 0 Å². The van der Waals surface area contributed by atoms with Crippen molar-refractivity contribution in [2.75, 3.05) is 26.2 Å². The van der Waals surface area contributed by atoms with Crippen LogP contribution in [0.3, 0.4) is 0 Å². The van der Waals surface area contributed by atoms with E-state index < -0.39 is 17.3 Å². The van der Waals surface area contributed by atoms with Gasteiger partial charge in [-0.1, -0.05) is 0 Å². The maximum absolute atomic E-state index is 13.6. The fraction of sp³-hybridized carbons (Fsp3) is 0.722. The van der Waals surface area contributed by atoms with Crippen LogP contribution < -0.4 is 5.32 Å². The van der Waals surface area contributed by atoms with E-state index in [2.05, 4.69) is 20.4 Å². The number of likely N-dealkylation sites (tertiary alicyclic amines) is 1. The quantitative estimate of drug-likeness (QED) is 0.848. The topological polar surface area (TPSA) is 81.3 Å². The lowest BCUT2D eigenvalue weighted by Gasteiger charge is -2.43. The third kappa shape index (κ3) is 2.80. The number of nitrogens with one attached hydrogen (secondary N) is 2. The Labute approximate surface area is 152 Å². The Morgan fingerprint density at radius 2 is 1.96 bits per heavy atom. The van der Waals surface area contributed by atoms with Gasteiger partial charge in [-0.2, -0.15) is 5.10 Å². The number of aromatic nitrogens is 2. The summed E-state index contributed by atoms with van der Waals surface area (Å²) in [4.78, 5) is 29.9. The van der Waals surface area contributed by atoms with Crippen LogP contribution in [0.4, 0.5) is 4.39 Å². The molecule has 0 spiro atoms. The van der Waals surface area contributed by atoms with E-state index in [4.69, 9.17) is 0 Å². The highest BCUT2D eigenvalue weighted by Gasteiger charge is 2.52. The maximum Gasteiger partial charge on any atom is 0.272 e. The number of halogens is 1. The molecule has 3 aliphatic heterocycles. The Morgan fingerprint density at radius 1 is 1.19 bits per heavy atom. The molecule has 0 bridgehead atoms. The minimum atomic E-state index is -0.667. The molecular formula is C18H26FN5O2. The summed E-state index contributed by atoms with van der Waals surface area (Å²) >= 11 is 0. The minimum absolute atomic E-state index is 0.163. The molecule has 4 rings (SSSR count). The molecule has 1 aromatic rings. The van der Waals surface area contributed by atoms with Gasteiger partial charge in [0, 0.05) is 13.1 Å². The Hall–Kier alpha value is -1.96. The predicted octanol–water partition coefficient (Wildman–Crippen LogP) is 1.29. The van der Waals surface area contributed by atoms with Crippen molar-refractivity contribution < 1.29 is 14.0 Å². The molecule has 2 N–H and O–H groups in total. The molecule has 3 aliphatic rings. The molecule has 8 heteroatoms. The number of nitrogens with zero attached hydrogens (tertiary/aromatic N) is 3. The predicted molar refractivity (Wildman–Crippen MR) is 93.0 cm³/mol. The molecule has 7 nitrogen and oxygen atoms in total. The first kappa shape index (κ1) is 17.5.